The Morgan fingerprint density at radius 2 is 1.09 bits per heavy atom. The predicted molar refractivity (Wildman–Crippen MR) is 172 cm³/mol. The Morgan fingerprint density at radius 1 is 0.558 bits per heavy atom. The van der Waals surface area contributed by atoms with Crippen LogP contribution >= 0.6 is 0 Å². The second kappa shape index (κ2) is 9.78. The van der Waals surface area contributed by atoms with Crippen molar-refractivity contribution in [1.82, 2.24) is 28.9 Å². The summed E-state index contributed by atoms with van der Waals surface area (Å²) in [7, 11) is 0. The van der Waals surface area contributed by atoms with Gasteiger partial charge < -0.3 is 4.42 Å². The lowest BCUT2D eigenvalue weighted by Gasteiger charge is -2.10. The van der Waals surface area contributed by atoms with Gasteiger partial charge in [0, 0.05) is 27.8 Å². The molecule has 0 saturated heterocycles. The van der Waals surface area contributed by atoms with E-state index in [9.17, 15) is 0 Å². The number of aromatic nitrogens is 6. The second-order valence-electron chi connectivity index (χ2n) is 10.1. The SMILES string of the molecule is C=Cc1c(C=C)n2c3c(nc2n1-c1ccc(-c2nc(-c4ccccc4)nc(-c4ccccc4)n2)cc1)oc1ccccc13. The van der Waals surface area contributed by atoms with Crippen molar-refractivity contribution in [1.29, 1.82) is 0 Å². The molecule has 0 radical (unpaired) electrons. The molecule has 4 aromatic carbocycles. The van der Waals surface area contributed by atoms with Crippen molar-refractivity contribution in [2.75, 3.05) is 0 Å². The summed E-state index contributed by atoms with van der Waals surface area (Å²) in [5, 5.41) is 0.995. The first-order valence-corrected chi connectivity index (χ1v) is 13.9. The van der Waals surface area contributed by atoms with Crippen LogP contribution in [0, 0.1) is 0 Å². The van der Waals surface area contributed by atoms with Gasteiger partial charge >= 0.3 is 0 Å². The van der Waals surface area contributed by atoms with Crippen molar-refractivity contribution in [3.8, 4) is 39.9 Å². The molecule has 7 nitrogen and oxygen atoms in total. The first-order valence-electron chi connectivity index (χ1n) is 13.9. The molecule has 4 heterocycles. The van der Waals surface area contributed by atoms with Gasteiger partial charge in [-0.25, -0.2) is 15.0 Å². The Kier molecular flexibility index (Phi) is 5.62. The summed E-state index contributed by atoms with van der Waals surface area (Å²) in [6.45, 7) is 8.22. The smallest absolute Gasteiger partial charge is 0.248 e. The topological polar surface area (TPSA) is 74.0 Å². The van der Waals surface area contributed by atoms with Gasteiger partial charge in [-0.1, -0.05) is 86.0 Å². The fraction of sp³-hybridized carbons (Fsp3) is 0. The number of rotatable bonds is 6. The zero-order valence-corrected chi connectivity index (χ0v) is 23.1. The van der Waals surface area contributed by atoms with Gasteiger partial charge in [-0.15, -0.1) is 0 Å². The largest absolute Gasteiger partial charge is 0.436 e. The maximum atomic E-state index is 6.10. The first-order chi connectivity index (χ1) is 21.2. The third kappa shape index (κ3) is 3.90. The highest BCUT2D eigenvalue weighted by molar-refractivity contribution is 6.03. The normalized spacial score (nSPS) is 11.4. The van der Waals surface area contributed by atoms with Crippen LogP contribution in [0.15, 0.2) is 127 Å². The lowest BCUT2D eigenvalue weighted by Crippen LogP contribution is -2.01. The Bertz CT molecular complexity index is 2250. The number of nitrogens with zero attached hydrogens (tertiary/aromatic N) is 6. The van der Waals surface area contributed by atoms with Gasteiger partial charge in [0.05, 0.1) is 11.4 Å². The Labute approximate surface area is 246 Å². The van der Waals surface area contributed by atoms with Crippen LogP contribution in [-0.2, 0) is 0 Å². The number of fused-ring (bicyclic) bond motifs is 5. The van der Waals surface area contributed by atoms with Crippen molar-refractivity contribution in [3.05, 3.63) is 134 Å². The zero-order chi connectivity index (χ0) is 28.9. The summed E-state index contributed by atoms with van der Waals surface area (Å²) in [5.74, 6) is 2.56. The third-order valence-electron chi connectivity index (χ3n) is 7.59. The van der Waals surface area contributed by atoms with Crippen LogP contribution in [0.4, 0.5) is 0 Å². The van der Waals surface area contributed by atoms with Crippen LogP contribution in [0.25, 0.3) is 80.0 Å². The third-order valence-corrected chi connectivity index (χ3v) is 7.59. The molecule has 0 aliphatic carbocycles. The molecule has 43 heavy (non-hydrogen) atoms. The van der Waals surface area contributed by atoms with E-state index in [4.69, 9.17) is 24.4 Å². The molecule has 0 bridgehead atoms. The number of imidazole rings is 2. The highest BCUT2D eigenvalue weighted by atomic mass is 16.3. The number of para-hydroxylation sites is 1. The van der Waals surface area contributed by atoms with Gasteiger partial charge in [0.15, 0.2) is 17.5 Å². The molecule has 0 unspecified atom stereocenters. The van der Waals surface area contributed by atoms with Crippen molar-refractivity contribution in [2.45, 2.75) is 0 Å². The molecule has 0 spiro atoms. The highest BCUT2D eigenvalue weighted by Gasteiger charge is 2.23. The number of benzene rings is 4. The number of furan rings is 1. The Hall–Kier alpha value is -6.08. The molecule has 0 fully saturated rings. The van der Waals surface area contributed by atoms with E-state index < -0.39 is 0 Å². The van der Waals surface area contributed by atoms with Crippen molar-refractivity contribution in [2.24, 2.45) is 0 Å². The average molecular weight is 557 g/mol. The van der Waals surface area contributed by atoms with Crippen LogP contribution in [0.2, 0.25) is 0 Å². The molecule has 0 N–H and O–H groups in total. The molecular formula is C36H24N6O. The molecule has 204 valence electrons. The lowest BCUT2D eigenvalue weighted by molar-refractivity contribution is 0.656. The first kappa shape index (κ1) is 24.7. The fourth-order valence-electron chi connectivity index (χ4n) is 5.61. The highest BCUT2D eigenvalue weighted by Crippen LogP contribution is 2.35. The van der Waals surface area contributed by atoms with Gasteiger partial charge in [-0.05, 0) is 48.6 Å². The van der Waals surface area contributed by atoms with Crippen molar-refractivity contribution < 1.29 is 4.42 Å². The maximum Gasteiger partial charge on any atom is 0.248 e. The van der Waals surface area contributed by atoms with E-state index in [1.807, 2.05) is 121 Å². The van der Waals surface area contributed by atoms with E-state index in [0.29, 0.717) is 23.2 Å². The summed E-state index contributed by atoms with van der Waals surface area (Å²) in [6.07, 6.45) is 3.66. The summed E-state index contributed by atoms with van der Waals surface area (Å²) < 4.78 is 10.3. The van der Waals surface area contributed by atoms with E-state index in [-0.39, 0.29) is 0 Å². The van der Waals surface area contributed by atoms with Crippen LogP contribution in [-0.4, -0.2) is 28.9 Å². The standard InChI is InChI=1S/C36H24N6O/c1-3-28-29(4-2)42-31-27-17-11-12-18-30(27)43-35(31)40-36(42)41(28)26-21-19-25(20-22-26)34-38-32(23-13-7-5-8-14-23)37-33(39-34)24-15-9-6-10-16-24/h3-22H,1-2H2. The quantitative estimate of drug-likeness (QED) is 0.205. The molecule has 0 aliphatic rings. The Morgan fingerprint density at radius 3 is 1.67 bits per heavy atom. The predicted octanol–water partition coefficient (Wildman–Crippen LogP) is 8.50. The van der Waals surface area contributed by atoms with Crippen LogP contribution in [0.1, 0.15) is 11.4 Å². The minimum absolute atomic E-state index is 0.576. The van der Waals surface area contributed by atoms with Gasteiger partial charge in [0.25, 0.3) is 0 Å². The van der Waals surface area contributed by atoms with Crippen molar-refractivity contribution >= 4 is 40.1 Å². The van der Waals surface area contributed by atoms with E-state index in [1.165, 1.54) is 0 Å². The molecule has 0 atom stereocenters. The van der Waals surface area contributed by atoms with Crippen LogP contribution in [0.5, 0.6) is 0 Å². The summed E-state index contributed by atoms with van der Waals surface area (Å²) in [4.78, 5) is 19.4. The minimum Gasteiger partial charge on any atom is -0.436 e. The molecule has 4 aromatic heterocycles. The summed E-state index contributed by atoms with van der Waals surface area (Å²) in [5.41, 5.74) is 7.69. The fourth-order valence-corrected chi connectivity index (χ4v) is 5.61. The molecule has 8 aromatic rings. The zero-order valence-electron chi connectivity index (χ0n) is 23.1. The number of hydrogen-bond donors (Lipinski definition) is 0. The van der Waals surface area contributed by atoms with Gasteiger partial charge in [0.2, 0.25) is 11.5 Å². The minimum atomic E-state index is 0.576. The Balaban J connectivity index is 1.28. The molecule has 8 rings (SSSR count). The van der Waals surface area contributed by atoms with E-state index in [0.717, 1.165) is 56.0 Å². The molecule has 0 aliphatic heterocycles. The number of hydrogen-bond acceptors (Lipinski definition) is 5. The van der Waals surface area contributed by atoms with E-state index in [2.05, 4.69) is 22.1 Å². The average Bonchev–Trinajstić information content (AvgIpc) is 3.71. The molecular weight excluding hydrogens is 532 g/mol. The lowest BCUT2D eigenvalue weighted by atomic mass is 10.1. The van der Waals surface area contributed by atoms with Gasteiger partial charge in [0.1, 0.15) is 11.1 Å². The summed E-state index contributed by atoms with van der Waals surface area (Å²) in [6, 6.07) is 36.0. The van der Waals surface area contributed by atoms with E-state index in [1.54, 1.807) is 0 Å². The van der Waals surface area contributed by atoms with Crippen LogP contribution < -0.4 is 0 Å². The van der Waals surface area contributed by atoms with Gasteiger partial charge in [-0.3, -0.25) is 8.97 Å². The molecule has 0 saturated carbocycles. The van der Waals surface area contributed by atoms with Crippen molar-refractivity contribution in [3.63, 3.8) is 0 Å². The molecule has 0 amide bonds. The second-order valence-corrected chi connectivity index (χ2v) is 10.1. The maximum absolute atomic E-state index is 6.10. The summed E-state index contributed by atoms with van der Waals surface area (Å²) >= 11 is 0. The monoisotopic (exact) mass is 556 g/mol. The van der Waals surface area contributed by atoms with E-state index >= 15 is 0 Å². The van der Waals surface area contributed by atoms with Gasteiger partial charge in [-0.2, -0.15) is 4.98 Å². The molecule has 7 heteroatoms. The van der Waals surface area contributed by atoms with Crippen LogP contribution in [0.3, 0.4) is 0 Å².